The third-order valence-electron chi connectivity index (χ3n) is 1.74. The molecular weight excluding hydrogens is 207 g/mol. The Labute approximate surface area is 78.9 Å². The molecule has 10 heavy (non-hydrogen) atoms. The van der Waals surface area contributed by atoms with E-state index in [0.29, 0.717) is 5.03 Å². The van der Waals surface area contributed by atoms with Gasteiger partial charge < -0.3 is 0 Å². The van der Waals surface area contributed by atoms with Crippen molar-refractivity contribution in [3.05, 3.63) is 10.2 Å². The number of alkyl halides is 2. The molecule has 0 spiro atoms. The highest BCUT2D eigenvalue weighted by atomic mass is 35.5. The summed E-state index contributed by atoms with van der Waals surface area (Å²) < 4.78 is -0.767. The highest BCUT2D eigenvalue weighted by Gasteiger charge is 2.31. The molecule has 58 valence electrons. The zero-order chi connectivity index (χ0) is 7.78. The molecule has 0 aromatic carbocycles. The van der Waals surface area contributed by atoms with Gasteiger partial charge in [0.2, 0.25) is 0 Å². The van der Waals surface area contributed by atoms with Gasteiger partial charge in [-0.3, -0.25) is 0 Å². The van der Waals surface area contributed by atoms with E-state index in [9.17, 15) is 0 Å². The summed E-state index contributed by atoms with van der Waals surface area (Å²) in [5.41, 5.74) is 0. The second-order valence-corrected chi connectivity index (χ2v) is 5.72. The Kier molecular flexibility index (Phi) is 2.73. The van der Waals surface area contributed by atoms with Gasteiger partial charge in [0.25, 0.3) is 0 Å². The van der Waals surface area contributed by atoms with Gasteiger partial charge in [-0.25, -0.2) is 0 Å². The van der Waals surface area contributed by atoms with E-state index in [1.807, 2.05) is 0 Å². The van der Waals surface area contributed by atoms with E-state index < -0.39 is 4.33 Å². The third-order valence-corrected chi connectivity index (χ3v) is 4.65. The molecule has 0 saturated carbocycles. The van der Waals surface area contributed by atoms with Crippen LogP contribution < -0.4 is 0 Å². The average Bonchev–Trinajstić information content (AvgIpc) is 1.83. The summed E-state index contributed by atoms with van der Waals surface area (Å²) in [6.45, 7) is 0. The molecule has 1 rings (SSSR count). The van der Waals surface area contributed by atoms with Crippen molar-refractivity contribution in [3.8, 4) is 0 Å². The van der Waals surface area contributed by atoms with Crippen LogP contribution in [0.5, 0.6) is 0 Å². The first kappa shape index (κ1) is 8.92. The van der Waals surface area contributed by atoms with Crippen LogP contribution in [0.15, 0.2) is 10.2 Å². The summed E-state index contributed by atoms with van der Waals surface area (Å²) in [7, 11) is 0.984. The van der Waals surface area contributed by atoms with Gasteiger partial charge in [-0.2, -0.15) is 0 Å². The van der Waals surface area contributed by atoms with Crippen LogP contribution in [-0.2, 0) is 0 Å². The molecule has 0 aliphatic heterocycles. The molecule has 0 radical (unpaired) electrons. The summed E-state index contributed by atoms with van der Waals surface area (Å²) in [6, 6.07) is 0. The Morgan fingerprint density at radius 3 is 2.40 bits per heavy atom. The summed E-state index contributed by atoms with van der Waals surface area (Å²) in [6.07, 6.45) is 2.95. The Bertz CT molecular complexity index is 174. The van der Waals surface area contributed by atoms with Gasteiger partial charge >= 0.3 is 0 Å². The molecular formula is C6H9Cl3Si. The molecule has 0 bridgehead atoms. The van der Waals surface area contributed by atoms with Crippen molar-refractivity contribution in [2.45, 2.75) is 23.6 Å². The van der Waals surface area contributed by atoms with Crippen LogP contribution in [0.25, 0.3) is 0 Å². The number of hydrogen-bond acceptors (Lipinski definition) is 0. The van der Waals surface area contributed by atoms with Crippen molar-refractivity contribution in [3.63, 3.8) is 0 Å². The van der Waals surface area contributed by atoms with Crippen molar-refractivity contribution >= 4 is 45.0 Å². The first-order valence-electron chi connectivity index (χ1n) is 3.27. The van der Waals surface area contributed by atoms with Gasteiger partial charge in [-0.15, -0.1) is 0 Å². The number of hydrogen-bond donors (Lipinski definition) is 0. The molecule has 0 aromatic heterocycles. The lowest BCUT2D eigenvalue weighted by molar-refractivity contribution is 0.683. The van der Waals surface area contributed by atoms with Gasteiger partial charge in [-0.05, 0) is 19.3 Å². The van der Waals surface area contributed by atoms with E-state index in [4.69, 9.17) is 34.8 Å². The number of allylic oxidation sites excluding steroid dienone is 2. The molecule has 0 aromatic rings. The summed E-state index contributed by atoms with van der Waals surface area (Å²) in [5.74, 6) is 0. The van der Waals surface area contributed by atoms with E-state index in [2.05, 4.69) is 0 Å². The minimum Gasteiger partial charge on any atom is -0.0954 e. The maximum Gasteiger partial charge on any atom is 0.153 e. The van der Waals surface area contributed by atoms with Crippen molar-refractivity contribution in [2.24, 2.45) is 0 Å². The molecule has 0 heterocycles. The lowest BCUT2D eigenvalue weighted by atomic mass is 10.1. The predicted molar refractivity (Wildman–Crippen MR) is 51.1 cm³/mol. The maximum absolute atomic E-state index is 5.92. The molecule has 4 heteroatoms. The van der Waals surface area contributed by atoms with E-state index >= 15 is 0 Å². The molecule has 0 atom stereocenters. The standard InChI is InChI=1S/C6H9Cl3Si/c7-5-4(10)2-1-3-6(5,8)9/h1-3H2,10H3. The molecule has 0 amide bonds. The van der Waals surface area contributed by atoms with Crippen molar-refractivity contribution in [2.75, 3.05) is 0 Å². The quantitative estimate of drug-likeness (QED) is 0.429. The van der Waals surface area contributed by atoms with E-state index in [1.165, 1.54) is 5.20 Å². The van der Waals surface area contributed by atoms with Crippen molar-refractivity contribution in [1.82, 2.24) is 0 Å². The molecule has 1 aliphatic rings. The van der Waals surface area contributed by atoms with E-state index in [-0.39, 0.29) is 0 Å². The Morgan fingerprint density at radius 2 is 2.00 bits per heavy atom. The van der Waals surface area contributed by atoms with E-state index in [1.54, 1.807) is 0 Å². The molecule has 0 N–H and O–H groups in total. The summed E-state index contributed by atoms with van der Waals surface area (Å²) in [4.78, 5) is 0. The Balaban J connectivity index is 2.89. The van der Waals surface area contributed by atoms with Crippen LogP contribution in [0.4, 0.5) is 0 Å². The topological polar surface area (TPSA) is 0 Å². The summed E-state index contributed by atoms with van der Waals surface area (Å²) in [5, 5.41) is 1.95. The lowest BCUT2D eigenvalue weighted by Crippen LogP contribution is -2.19. The molecule has 1 aliphatic carbocycles. The first-order chi connectivity index (χ1) is 4.54. The fraction of sp³-hybridized carbons (Fsp3) is 0.667. The van der Waals surface area contributed by atoms with Crippen LogP contribution in [0, 0.1) is 0 Å². The van der Waals surface area contributed by atoms with Gasteiger partial charge in [0.05, 0.1) is 0 Å². The van der Waals surface area contributed by atoms with Crippen LogP contribution in [0.1, 0.15) is 19.3 Å². The minimum atomic E-state index is -0.767. The fourth-order valence-corrected chi connectivity index (χ4v) is 2.98. The van der Waals surface area contributed by atoms with Gasteiger partial charge in [0.15, 0.2) is 4.33 Å². The van der Waals surface area contributed by atoms with Crippen LogP contribution in [-0.4, -0.2) is 14.6 Å². The second kappa shape index (κ2) is 3.06. The Morgan fingerprint density at radius 1 is 1.40 bits per heavy atom. The summed E-state index contributed by atoms with van der Waals surface area (Å²) >= 11 is 17.7. The first-order valence-corrected chi connectivity index (χ1v) is 5.41. The Hall–Kier alpha value is 0.827. The SMILES string of the molecule is [SiH3]C1=C(Cl)C(Cl)(Cl)CCC1. The smallest absolute Gasteiger partial charge is 0.0954 e. The van der Waals surface area contributed by atoms with Crippen LogP contribution in [0.2, 0.25) is 0 Å². The normalized spacial score (nSPS) is 25.5. The zero-order valence-electron chi connectivity index (χ0n) is 5.76. The van der Waals surface area contributed by atoms with Crippen molar-refractivity contribution < 1.29 is 0 Å². The maximum atomic E-state index is 5.92. The fourth-order valence-electron chi connectivity index (χ4n) is 1.11. The number of halogens is 3. The minimum absolute atomic E-state index is 0.689. The third kappa shape index (κ3) is 1.70. The average molecular weight is 216 g/mol. The molecule has 0 nitrogen and oxygen atoms in total. The molecule has 0 fully saturated rings. The highest BCUT2D eigenvalue weighted by molar-refractivity contribution is 6.57. The zero-order valence-corrected chi connectivity index (χ0v) is 10.0. The second-order valence-electron chi connectivity index (χ2n) is 2.65. The van der Waals surface area contributed by atoms with Crippen LogP contribution in [0.3, 0.4) is 0 Å². The van der Waals surface area contributed by atoms with Crippen molar-refractivity contribution in [1.29, 1.82) is 0 Å². The highest BCUT2D eigenvalue weighted by Crippen LogP contribution is 2.43. The van der Waals surface area contributed by atoms with Gasteiger partial charge in [0, 0.05) is 15.3 Å². The number of rotatable bonds is 0. The van der Waals surface area contributed by atoms with Crippen LogP contribution >= 0.6 is 34.8 Å². The lowest BCUT2D eigenvalue weighted by Gasteiger charge is -2.25. The monoisotopic (exact) mass is 214 g/mol. The molecule has 0 unspecified atom stereocenters. The van der Waals surface area contributed by atoms with E-state index in [0.717, 1.165) is 29.5 Å². The molecule has 0 saturated heterocycles. The van der Waals surface area contributed by atoms with Gasteiger partial charge in [-0.1, -0.05) is 40.0 Å². The predicted octanol–water partition coefficient (Wildman–Crippen LogP) is 2.16. The van der Waals surface area contributed by atoms with Gasteiger partial charge in [0.1, 0.15) is 0 Å². The largest absolute Gasteiger partial charge is 0.153 e.